The highest BCUT2D eigenvalue weighted by molar-refractivity contribution is 5.91. The van der Waals surface area contributed by atoms with Gasteiger partial charge < -0.3 is 20.5 Å². The number of methoxy groups -OCH3 is 1. The number of nitrogens with zero attached hydrogens (tertiary/aromatic N) is 2. The third-order valence-electron chi connectivity index (χ3n) is 2.78. The molecule has 0 unspecified atom stereocenters. The normalized spacial score (nSPS) is 10.0. The van der Waals surface area contributed by atoms with Crippen LogP contribution in [0.25, 0.3) is 0 Å². The first-order valence-electron chi connectivity index (χ1n) is 6.28. The summed E-state index contributed by atoms with van der Waals surface area (Å²) >= 11 is 0. The van der Waals surface area contributed by atoms with Crippen LogP contribution >= 0.6 is 0 Å². The lowest BCUT2D eigenvalue weighted by molar-refractivity contribution is 0.0957. The van der Waals surface area contributed by atoms with Crippen LogP contribution in [0.1, 0.15) is 16.1 Å². The van der Waals surface area contributed by atoms with Crippen molar-refractivity contribution in [2.45, 2.75) is 6.54 Å². The Morgan fingerprint density at radius 1 is 1.24 bits per heavy atom. The van der Waals surface area contributed by atoms with Crippen LogP contribution in [0.15, 0.2) is 30.3 Å². The molecule has 0 spiro atoms. The zero-order valence-electron chi connectivity index (χ0n) is 11.8. The Balaban J connectivity index is 2.20. The lowest BCUT2D eigenvalue weighted by Gasteiger charge is -2.10. The van der Waals surface area contributed by atoms with Gasteiger partial charge in [0.2, 0.25) is 5.88 Å². The largest absolute Gasteiger partial charge is 0.493 e. The Bertz CT molecular complexity index is 629. The number of nitrogens with two attached hydrogens (primary N) is 1. The molecule has 0 aliphatic rings. The Morgan fingerprint density at radius 3 is 2.62 bits per heavy atom. The van der Waals surface area contributed by atoms with Gasteiger partial charge in [-0.1, -0.05) is 6.07 Å². The minimum atomic E-state index is -0.307. The van der Waals surface area contributed by atoms with Crippen molar-refractivity contribution in [2.24, 2.45) is 5.73 Å². The monoisotopic (exact) mass is 288 g/mol. The fourth-order valence-corrected chi connectivity index (χ4v) is 1.66. The van der Waals surface area contributed by atoms with E-state index in [1.807, 2.05) is 6.07 Å². The highest BCUT2D eigenvalue weighted by atomic mass is 16.5. The van der Waals surface area contributed by atoms with Crippen LogP contribution < -0.4 is 20.5 Å². The van der Waals surface area contributed by atoms with Gasteiger partial charge >= 0.3 is 0 Å². The van der Waals surface area contributed by atoms with E-state index in [1.54, 1.807) is 25.3 Å². The summed E-state index contributed by atoms with van der Waals surface area (Å²) in [6.45, 7) is 0.414. The second-order valence-corrected chi connectivity index (χ2v) is 4.13. The van der Waals surface area contributed by atoms with Crippen LogP contribution in [0.4, 0.5) is 0 Å². The Hall–Kier alpha value is -2.67. The van der Waals surface area contributed by atoms with E-state index in [2.05, 4.69) is 15.5 Å². The maximum absolute atomic E-state index is 11.4. The Kier molecular flexibility index (Phi) is 4.68. The number of aromatic nitrogens is 2. The second-order valence-electron chi connectivity index (χ2n) is 4.13. The summed E-state index contributed by atoms with van der Waals surface area (Å²) in [5.41, 5.74) is 6.73. The van der Waals surface area contributed by atoms with E-state index in [1.165, 1.54) is 13.1 Å². The van der Waals surface area contributed by atoms with Gasteiger partial charge in [0.25, 0.3) is 5.91 Å². The number of benzene rings is 1. The Labute approximate surface area is 122 Å². The standard InChI is InChI=1S/C14H16N4O3/c1-16-14(19)10-4-6-13(18-17-10)21-11-5-3-9(8-15)7-12(11)20-2/h3-7H,8,15H2,1-2H3,(H,16,19). The van der Waals surface area contributed by atoms with Gasteiger partial charge in [0.15, 0.2) is 17.2 Å². The van der Waals surface area contributed by atoms with Crippen molar-refractivity contribution in [1.82, 2.24) is 15.5 Å². The van der Waals surface area contributed by atoms with Crippen LogP contribution in [0.5, 0.6) is 17.4 Å². The average molecular weight is 288 g/mol. The molecule has 0 fully saturated rings. The van der Waals surface area contributed by atoms with Gasteiger partial charge in [-0.15, -0.1) is 10.2 Å². The lowest BCUT2D eigenvalue weighted by atomic mass is 10.2. The molecule has 0 radical (unpaired) electrons. The molecule has 3 N–H and O–H groups in total. The zero-order valence-corrected chi connectivity index (χ0v) is 11.8. The predicted molar refractivity (Wildman–Crippen MR) is 76.4 cm³/mol. The van der Waals surface area contributed by atoms with Crippen molar-refractivity contribution >= 4 is 5.91 Å². The zero-order chi connectivity index (χ0) is 15.2. The molecule has 7 nitrogen and oxygen atoms in total. The van der Waals surface area contributed by atoms with Crippen LogP contribution in [-0.4, -0.2) is 30.3 Å². The third kappa shape index (κ3) is 3.46. The molecule has 0 saturated heterocycles. The fraction of sp³-hybridized carbons (Fsp3) is 0.214. The minimum Gasteiger partial charge on any atom is -0.493 e. The number of carbonyl (C=O) groups is 1. The number of rotatable bonds is 5. The molecule has 110 valence electrons. The molecule has 0 bridgehead atoms. The molecular formula is C14H16N4O3. The number of hydrogen-bond donors (Lipinski definition) is 2. The summed E-state index contributed by atoms with van der Waals surface area (Å²) in [5, 5.41) is 10.1. The van der Waals surface area contributed by atoms with Gasteiger partial charge in [0, 0.05) is 19.7 Å². The van der Waals surface area contributed by atoms with Crippen molar-refractivity contribution in [3.05, 3.63) is 41.6 Å². The van der Waals surface area contributed by atoms with Gasteiger partial charge in [-0.2, -0.15) is 0 Å². The SMILES string of the molecule is CNC(=O)c1ccc(Oc2ccc(CN)cc2OC)nn1. The van der Waals surface area contributed by atoms with Gasteiger partial charge in [-0.3, -0.25) is 4.79 Å². The van der Waals surface area contributed by atoms with Crippen molar-refractivity contribution < 1.29 is 14.3 Å². The van der Waals surface area contributed by atoms with Gasteiger partial charge in [-0.05, 0) is 23.8 Å². The summed E-state index contributed by atoms with van der Waals surface area (Å²) in [4.78, 5) is 11.4. The molecule has 0 aliphatic carbocycles. The number of hydrogen-bond acceptors (Lipinski definition) is 6. The summed E-state index contributed by atoms with van der Waals surface area (Å²) in [5.74, 6) is 1.01. The molecule has 0 atom stereocenters. The topological polar surface area (TPSA) is 99.4 Å². The molecule has 2 rings (SSSR count). The van der Waals surface area contributed by atoms with Gasteiger partial charge in [-0.25, -0.2) is 0 Å². The summed E-state index contributed by atoms with van der Waals surface area (Å²) < 4.78 is 10.8. The third-order valence-corrected chi connectivity index (χ3v) is 2.78. The van der Waals surface area contributed by atoms with Crippen molar-refractivity contribution in [3.8, 4) is 17.4 Å². The molecule has 2 aromatic rings. The van der Waals surface area contributed by atoms with Crippen LogP contribution in [0.2, 0.25) is 0 Å². The molecule has 1 aromatic carbocycles. The molecule has 21 heavy (non-hydrogen) atoms. The van der Waals surface area contributed by atoms with E-state index in [4.69, 9.17) is 15.2 Å². The molecule has 0 saturated carbocycles. The first kappa shape index (κ1) is 14.7. The summed E-state index contributed by atoms with van der Waals surface area (Å²) in [6, 6.07) is 8.47. The smallest absolute Gasteiger partial charge is 0.271 e. The van der Waals surface area contributed by atoms with E-state index < -0.39 is 0 Å². The first-order valence-corrected chi connectivity index (χ1v) is 6.28. The van der Waals surface area contributed by atoms with Crippen LogP contribution in [0.3, 0.4) is 0 Å². The second kappa shape index (κ2) is 6.67. The maximum atomic E-state index is 11.4. The van der Waals surface area contributed by atoms with E-state index in [0.717, 1.165) is 5.56 Å². The highest BCUT2D eigenvalue weighted by Crippen LogP contribution is 2.31. The number of ether oxygens (including phenoxy) is 2. The van der Waals surface area contributed by atoms with E-state index in [-0.39, 0.29) is 17.5 Å². The quantitative estimate of drug-likeness (QED) is 0.854. The van der Waals surface area contributed by atoms with Gasteiger partial charge in [0.05, 0.1) is 7.11 Å². The number of carbonyl (C=O) groups excluding carboxylic acids is 1. The molecule has 1 heterocycles. The van der Waals surface area contributed by atoms with Crippen molar-refractivity contribution in [3.63, 3.8) is 0 Å². The molecular weight excluding hydrogens is 272 g/mol. The molecule has 1 aromatic heterocycles. The Morgan fingerprint density at radius 2 is 2.05 bits per heavy atom. The number of nitrogens with one attached hydrogen (secondary N) is 1. The van der Waals surface area contributed by atoms with E-state index >= 15 is 0 Å². The van der Waals surface area contributed by atoms with Crippen LogP contribution in [0, 0.1) is 0 Å². The lowest BCUT2D eigenvalue weighted by Crippen LogP contribution is -2.19. The van der Waals surface area contributed by atoms with E-state index in [9.17, 15) is 4.79 Å². The number of amides is 1. The molecule has 0 aliphatic heterocycles. The summed E-state index contributed by atoms with van der Waals surface area (Å²) in [6.07, 6.45) is 0. The predicted octanol–water partition coefficient (Wildman–Crippen LogP) is 1.10. The minimum absolute atomic E-state index is 0.218. The van der Waals surface area contributed by atoms with Gasteiger partial charge in [0.1, 0.15) is 0 Å². The van der Waals surface area contributed by atoms with E-state index in [0.29, 0.717) is 18.0 Å². The summed E-state index contributed by atoms with van der Waals surface area (Å²) in [7, 11) is 3.07. The maximum Gasteiger partial charge on any atom is 0.271 e. The van der Waals surface area contributed by atoms with Crippen LogP contribution in [-0.2, 0) is 6.54 Å². The van der Waals surface area contributed by atoms with Crippen molar-refractivity contribution in [2.75, 3.05) is 14.2 Å². The van der Waals surface area contributed by atoms with Crippen molar-refractivity contribution in [1.29, 1.82) is 0 Å². The molecule has 7 heteroatoms. The average Bonchev–Trinajstić information content (AvgIpc) is 2.55. The molecule has 1 amide bonds. The fourth-order valence-electron chi connectivity index (χ4n) is 1.66. The highest BCUT2D eigenvalue weighted by Gasteiger charge is 2.10. The first-order chi connectivity index (χ1) is 10.2.